The van der Waals surface area contributed by atoms with E-state index >= 15 is 0 Å². The molecule has 0 radical (unpaired) electrons. The van der Waals surface area contributed by atoms with Crippen LogP contribution in [0.1, 0.15) is 284 Å². The molecule has 9 nitrogen and oxygen atoms in total. The number of allylic oxidation sites excluding steroid dienone is 5. The lowest BCUT2D eigenvalue weighted by atomic mass is 10.0. The molecule has 0 aromatic rings. The number of amides is 1. The maximum Gasteiger partial charge on any atom is 0.472 e. The van der Waals surface area contributed by atoms with Crippen molar-refractivity contribution >= 4 is 19.7 Å². The lowest BCUT2D eigenvalue weighted by Crippen LogP contribution is -2.47. The summed E-state index contributed by atoms with van der Waals surface area (Å²) in [5, 5.41) is 3.05. The maximum atomic E-state index is 13.5. The molecular weight excluding hydrogens is 892 g/mol. The third kappa shape index (κ3) is 51.1. The molecule has 0 saturated carbocycles. The summed E-state index contributed by atoms with van der Waals surface area (Å²) < 4.78 is 30.6. The Morgan fingerprint density at radius 1 is 0.486 bits per heavy atom. The SMILES string of the molecule is CCCCCCCC/C=C/CCCCCCCCCCCC(=O)NC(COP(=O)(O)OCC[N+](C)(C)C)C(/C=C\CCCCCCCCCCC)OC(=O)CCCCC/C=C\CCCCCCCCC. The zero-order valence-corrected chi connectivity index (χ0v) is 47.9. The average molecular weight is 1010 g/mol. The second-order valence-corrected chi connectivity index (χ2v) is 23.0. The lowest BCUT2D eigenvalue weighted by Gasteiger charge is -2.27. The van der Waals surface area contributed by atoms with Gasteiger partial charge in [0, 0.05) is 12.8 Å². The van der Waals surface area contributed by atoms with Crippen LogP contribution >= 0.6 is 7.82 Å². The first-order valence-corrected chi connectivity index (χ1v) is 31.3. The third-order valence-corrected chi connectivity index (χ3v) is 14.3. The van der Waals surface area contributed by atoms with Crippen molar-refractivity contribution in [2.45, 2.75) is 296 Å². The first kappa shape index (κ1) is 68.2. The number of likely N-dealkylation sites (N-methyl/N-ethyl adjacent to an activating group) is 1. The molecule has 3 atom stereocenters. The highest BCUT2D eigenvalue weighted by Gasteiger charge is 2.30. The molecule has 0 spiro atoms. The minimum Gasteiger partial charge on any atom is -0.456 e. The summed E-state index contributed by atoms with van der Waals surface area (Å²) >= 11 is 0. The molecular formula is C60H116N2O7P+. The van der Waals surface area contributed by atoms with Crippen LogP contribution in [-0.4, -0.2) is 74.3 Å². The van der Waals surface area contributed by atoms with Gasteiger partial charge in [0.25, 0.3) is 0 Å². The van der Waals surface area contributed by atoms with Crippen molar-refractivity contribution in [3.63, 3.8) is 0 Å². The summed E-state index contributed by atoms with van der Waals surface area (Å²) in [5.74, 6) is -0.518. The predicted molar refractivity (Wildman–Crippen MR) is 300 cm³/mol. The number of carbonyl (C=O) groups is 2. The number of hydrogen-bond acceptors (Lipinski definition) is 6. The molecule has 0 aliphatic carbocycles. The smallest absolute Gasteiger partial charge is 0.456 e. The number of quaternary nitrogens is 1. The van der Waals surface area contributed by atoms with Crippen LogP contribution in [0.5, 0.6) is 0 Å². The van der Waals surface area contributed by atoms with Gasteiger partial charge in [-0.15, -0.1) is 0 Å². The van der Waals surface area contributed by atoms with Crippen LogP contribution in [0, 0.1) is 0 Å². The number of ether oxygens (including phenoxy) is 1. The third-order valence-electron chi connectivity index (χ3n) is 13.3. The van der Waals surface area contributed by atoms with Crippen LogP contribution in [0.15, 0.2) is 36.5 Å². The van der Waals surface area contributed by atoms with Crippen molar-refractivity contribution in [3.8, 4) is 0 Å². The molecule has 0 saturated heterocycles. The number of carbonyl (C=O) groups excluding carboxylic acids is 2. The largest absolute Gasteiger partial charge is 0.472 e. The molecule has 10 heteroatoms. The van der Waals surface area contributed by atoms with E-state index in [1.165, 1.54) is 180 Å². The fourth-order valence-electron chi connectivity index (χ4n) is 8.64. The van der Waals surface area contributed by atoms with Crippen molar-refractivity contribution in [1.82, 2.24) is 5.32 Å². The Bertz CT molecular complexity index is 1300. The molecule has 0 aliphatic rings. The summed E-state index contributed by atoms with van der Waals surface area (Å²) in [4.78, 5) is 37.6. The van der Waals surface area contributed by atoms with E-state index < -0.39 is 20.0 Å². The van der Waals surface area contributed by atoms with Crippen LogP contribution in [0.3, 0.4) is 0 Å². The van der Waals surface area contributed by atoms with Gasteiger partial charge >= 0.3 is 13.8 Å². The van der Waals surface area contributed by atoms with E-state index in [0.29, 0.717) is 17.4 Å². The van der Waals surface area contributed by atoms with Crippen LogP contribution in [0.2, 0.25) is 0 Å². The predicted octanol–water partition coefficient (Wildman–Crippen LogP) is 17.9. The quantitative estimate of drug-likeness (QED) is 0.0205. The van der Waals surface area contributed by atoms with Gasteiger partial charge in [-0.05, 0) is 83.1 Å². The molecule has 3 unspecified atom stereocenters. The van der Waals surface area contributed by atoms with E-state index in [4.69, 9.17) is 13.8 Å². The summed E-state index contributed by atoms with van der Waals surface area (Å²) in [5.41, 5.74) is 0. The van der Waals surface area contributed by atoms with E-state index in [-0.39, 0.29) is 31.5 Å². The zero-order valence-electron chi connectivity index (χ0n) is 47.0. The van der Waals surface area contributed by atoms with Gasteiger partial charge in [-0.2, -0.15) is 0 Å². The van der Waals surface area contributed by atoms with Crippen LogP contribution in [-0.2, 0) is 27.9 Å². The minimum atomic E-state index is -4.44. The van der Waals surface area contributed by atoms with Gasteiger partial charge in [0.05, 0.1) is 33.8 Å². The summed E-state index contributed by atoms with van der Waals surface area (Å²) in [6.07, 6.45) is 59.9. The number of rotatable bonds is 54. The molecule has 0 aromatic carbocycles. The van der Waals surface area contributed by atoms with Gasteiger partial charge in [-0.25, -0.2) is 4.57 Å². The van der Waals surface area contributed by atoms with E-state index in [0.717, 1.165) is 70.6 Å². The Labute approximate surface area is 434 Å². The molecule has 1 amide bonds. The number of esters is 1. The van der Waals surface area contributed by atoms with Crippen molar-refractivity contribution in [2.24, 2.45) is 0 Å². The molecule has 0 heterocycles. The summed E-state index contributed by atoms with van der Waals surface area (Å²) in [6, 6.07) is -0.851. The molecule has 0 fully saturated rings. The van der Waals surface area contributed by atoms with Crippen molar-refractivity contribution < 1.29 is 37.3 Å². The normalized spacial score (nSPS) is 14.0. The Morgan fingerprint density at radius 3 is 1.23 bits per heavy atom. The number of nitrogens with one attached hydrogen (secondary N) is 1. The lowest BCUT2D eigenvalue weighted by molar-refractivity contribution is -0.870. The van der Waals surface area contributed by atoms with Gasteiger partial charge in [-0.3, -0.25) is 18.6 Å². The Hall–Kier alpha value is -1.77. The van der Waals surface area contributed by atoms with Crippen molar-refractivity contribution in [3.05, 3.63) is 36.5 Å². The second kappa shape index (κ2) is 50.7. The monoisotopic (exact) mass is 1010 g/mol. The van der Waals surface area contributed by atoms with Crippen molar-refractivity contribution in [1.29, 1.82) is 0 Å². The molecule has 0 bridgehead atoms. The van der Waals surface area contributed by atoms with E-state index in [1.54, 1.807) is 0 Å². The van der Waals surface area contributed by atoms with E-state index in [2.05, 4.69) is 50.4 Å². The number of phosphoric ester groups is 1. The fraction of sp³-hybridized carbons (Fsp3) is 0.867. The first-order chi connectivity index (χ1) is 33.9. The fourth-order valence-corrected chi connectivity index (χ4v) is 9.37. The molecule has 70 heavy (non-hydrogen) atoms. The highest BCUT2D eigenvalue weighted by atomic mass is 31.2. The topological polar surface area (TPSA) is 111 Å². The Balaban J connectivity index is 5.26. The average Bonchev–Trinajstić information content (AvgIpc) is 3.32. The van der Waals surface area contributed by atoms with Crippen LogP contribution < -0.4 is 5.32 Å². The minimum absolute atomic E-state index is 0.0390. The standard InChI is InChI=1S/C60H115N2O7P/c1-7-10-13-16-19-22-25-27-29-30-31-32-33-34-37-40-43-46-49-52-59(63)61-57(56-68-70(65,66)67-55-54-62(4,5)6)58(51-48-45-42-39-36-24-21-18-15-12-9-3)69-60(64)53-50-47-44-41-38-35-28-26-23-20-17-14-11-8-2/h27,29,35,38,48,51,57-58H,7-26,28,30-34,36-37,39-47,49-50,52-56H2,1-6H3,(H-,61,63,65,66)/p+1/b29-27+,38-35-,51-48-. The van der Waals surface area contributed by atoms with Gasteiger partial charge in [0.1, 0.15) is 19.3 Å². The van der Waals surface area contributed by atoms with E-state index in [9.17, 15) is 19.0 Å². The highest BCUT2D eigenvalue weighted by molar-refractivity contribution is 7.47. The summed E-state index contributed by atoms with van der Waals surface area (Å²) in [7, 11) is 1.49. The van der Waals surface area contributed by atoms with E-state index in [1.807, 2.05) is 33.3 Å². The van der Waals surface area contributed by atoms with Crippen LogP contribution in [0.25, 0.3) is 0 Å². The Kier molecular flexibility index (Phi) is 49.5. The number of hydrogen-bond donors (Lipinski definition) is 2. The van der Waals surface area contributed by atoms with Crippen LogP contribution in [0.4, 0.5) is 0 Å². The number of unbranched alkanes of at least 4 members (excludes halogenated alkanes) is 34. The van der Waals surface area contributed by atoms with Gasteiger partial charge in [0.15, 0.2) is 0 Å². The molecule has 0 aliphatic heterocycles. The van der Waals surface area contributed by atoms with Gasteiger partial charge < -0.3 is 19.4 Å². The van der Waals surface area contributed by atoms with Gasteiger partial charge in [0.2, 0.25) is 5.91 Å². The van der Waals surface area contributed by atoms with Gasteiger partial charge in [-0.1, -0.05) is 225 Å². The molecule has 412 valence electrons. The Morgan fingerprint density at radius 2 is 0.829 bits per heavy atom. The first-order valence-electron chi connectivity index (χ1n) is 29.8. The molecule has 0 aromatic heterocycles. The summed E-state index contributed by atoms with van der Waals surface area (Å²) in [6.45, 7) is 7.01. The second-order valence-electron chi connectivity index (χ2n) is 21.5. The number of phosphoric acid groups is 1. The van der Waals surface area contributed by atoms with Crippen molar-refractivity contribution in [2.75, 3.05) is 40.9 Å². The maximum absolute atomic E-state index is 13.5. The zero-order chi connectivity index (χ0) is 51.5. The number of nitrogens with zero attached hydrogens (tertiary/aromatic N) is 1. The highest BCUT2D eigenvalue weighted by Crippen LogP contribution is 2.43. The molecule has 0 rings (SSSR count). The molecule has 2 N–H and O–H groups in total.